The van der Waals surface area contributed by atoms with E-state index in [1.165, 1.54) is 6.42 Å². The smallest absolute Gasteiger partial charge is 0.430 e. The molecular formula is C34H42N10O4Si. The Hall–Kier alpha value is -4.73. The van der Waals surface area contributed by atoms with Crippen LogP contribution < -0.4 is 20.3 Å². The number of fused-ring (bicyclic) bond motifs is 2. The maximum atomic E-state index is 13.6. The third-order valence-electron chi connectivity index (χ3n) is 9.09. The molecule has 1 aliphatic heterocycles. The number of benzene rings is 1. The Kier molecular flexibility index (Phi) is 9.38. The van der Waals surface area contributed by atoms with Crippen LogP contribution in [0.5, 0.6) is 5.75 Å². The van der Waals surface area contributed by atoms with E-state index >= 15 is 0 Å². The number of ether oxygens (including phenoxy) is 1. The Labute approximate surface area is 287 Å². The summed E-state index contributed by atoms with van der Waals surface area (Å²) in [6.07, 6.45) is 10.3. The topological polar surface area (TPSA) is 149 Å². The average Bonchev–Trinajstić information content (AvgIpc) is 3.85. The maximum Gasteiger partial charge on any atom is 0.430 e. The summed E-state index contributed by atoms with van der Waals surface area (Å²) < 4.78 is 17.2. The molecule has 15 heteroatoms. The van der Waals surface area contributed by atoms with Gasteiger partial charge in [0, 0.05) is 37.3 Å². The van der Waals surface area contributed by atoms with Crippen molar-refractivity contribution in [2.75, 3.05) is 29.9 Å². The number of anilines is 2. The molecule has 0 spiro atoms. The number of imidazole rings is 1. The van der Waals surface area contributed by atoms with Gasteiger partial charge in [0.15, 0.2) is 11.5 Å². The molecule has 1 aliphatic carbocycles. The first-order valence-corrected chi connectivity index (χ1v) is 17.7. The van der Waals surface area contributed by atoms with E-state index in [0.717, 1.165) is 66.5 Å². The molecule has 4 aromatic heterocycles. The number of urea groups is 1. The number of amides is 2. The molecule has 1 saturated heterocycles. The number of piperidine rings is 1. The second kappa shape index (κ2) is 14.0. The van der Waals surface area contributed by atoms with Crippen LogP contribution in [0.4, 0.5) is 16.6 Å². The normalized spacial score (nSPS) is 18.0. The molecule has 2 amide bonds. The molecule has 49 heavy (non-hydrogen) atoms. The minimum Gasteiger partial charge on any atom is -0.484 e. The van der Waals surface area contributed by atoms with Gasteiger partial charge in [0.25, 0.3) is 0 Å². The van der Waals surface area contributed by atoms with Gasteiger partial charge in [-0.2, -0.15) is 9.78 Å². The number of nitrogens with one attached hydrogen (secondary N) is 2. The fraction of sp³-hybridized carbons (Fsp3) is 0.441. The Morgan fingerprint density at radius 2 is 1.86 bits per heavy atom. The van der Waals surface area contributed by atoms with E-state index in [4.69, 9.17) is 19.1 Å². The molecule has 0 unspecified atom stereocenters. The summed E-state index contributed by atoms with van der Waals surface area (Å²) >= 11 is 0. The molecule has 0 bridgehead atoms. The zero-order chi connectivity index (χ0) is 34.0. The lowest BCUT2D eigenvalue weighted by Crippen LogP contribution is -2.36. The van der Waals surface area contributed by atoms with Crippen LogP contribution in [-0.2, 0) is 16.4 Å². The van der Waals surface area contributed by atoms with Crippen molar-refractivity contribution in [3.8, 4) is 11.6 Å². The Balaban J connectivity index is 1.06. The molecule has 0 saturated carbocycles. The molecule has 1 fully saturated rings. The van der Waals surface area contributed by atoms with Gasteiger partial charge in [0.05, 0.1) is 30.9 Å². The van der Waals surface area contributed by atoms with E-state index in [1.54, 1.807) is 11.0 Å². The largest absolute Gasteiger partial charge is 0.484 e. The second-order valence-electron chi connectivity index (χ2n) is 13.6. The number of aromatic nitrogens is 7. The fourth-order valence-electron chi connectivity index (χ4n) is 6.52. The Morgan fingerprint density at radius 1 is 1.04 bits per heavy atom. The van der Waals surface area contributed by atoms with E-state index in [0.29, 0.717) is 31.2 Å². The first kappa shape index (κ1) is 32.8. The van der Waals surface area contributed by atoms with E-state index < -0.39 is 10.0 Å². The number of rotatable bonds is 10. The van der Waals surface area contributed by atoms with Gasteiger partial charge in [-0.3, -0.25) is 9.72 Å². The van der Waals surface area contributed by atoms with E-state index in [9.17, 15) is 4.79 Å². The summed E-state index contributed by atoms with van der Waals surface area (Å²) in [6.45, 7) is 9.07. The minimum atomic E-state index is -0.559. The van der Waals surface area contributed by atoms with Crippen LogP contribution in [0.15, 0.2) is 61.2 Å². The molecule has 2 aliphatic rings. The van der Waals surface area contributed by atoms with Crippen molar-refractivity contribution in [3.63, 3.8) is 0 Å². The summed E-state index contributed by atoms with van der Waals surface area (Å²) in [6, 6.07) is 13.4. The molecule has 14 nitrogen and oxygen atoms in total. The monoisotopic (exact) mass is 682 g/mol. The highest BCUT2D eigenvalue weighted by molar-refractivity contribution is 6.15. The first-order valence-electron chi connectivity index (χ1n) is 16.8. The highest BCUT2D eigenvalue weighted by Crippen LogP contribution is 2.39. The van der Waals surface area contributed by atoms with Crippen LogP contribution in [0.25, 0.3) is 11.5 Å². The van der Waals surface area contributed by atoms with Crippen molar-refractivity contribution in [2.45, 2.75) is 77.0 Å². The predicted octanol–water partition coefficient (Wildman–Crippen LogP) is 4.72. The van der Waals surface area contributed by atoms with Crippen molar-refractivity contribution in [3.05, 3.63) is 78.0 Å². The van der Waals surface area contributed by atoms with Gasteiger partial charge in [-0.05, 0) is 55.4 Å². The molecule has 7 rings (SSSR count). The van der Waals surface area contributed by atoms with E-state index in [2.05, 4.69) is 63.6 Å². The zero-order valence-corrected chi connectivity index (χ0v) is 29.0. The summed E-state index contributed by atoms with van der Waals surface area (Å²) in [4.78, 5) is 29.3. The zero-order valence-electron chi connectivity index (χ0n) is 28.0. The van der Waals surface area contributed by atoms with Crippen molar-refractivity contribution in [1.82, 2.24) is 39.2 Å². The van der Waals surface area contributed by atoms with Crippen LogP contribution in [0.1, 0.15) is 81.8 Å². The van der Waals surface area contributed by atoms with Crippen molar-refractivity contribution in [2.24, 2.45) is 0 Å². The van der Waals surface area contributed by atoms with Gasteiger partial charge >= 0.3 is 16.0 Å². The van der Waals surface area contributed by atoms with Crippen LogP contribution >= 0.6 is 0 Å². The molecule has 5 heterocycles. The second-order valence-corrected chi connectivity index (χ2v) is 14.1. The molecule has 2 atom stereocenters. The van der Waals surface area contributed by atoms with Gasteiger partial charge < -0.3 is 28.7 Å². The van der Waals surface area contributed by atoms with Crippen LogP contribution in [0.2, 0.25) is 0 Å². The standard InChI is InChI=1S/C34H42N10O4Si/c1-34(2,3)28-19-30(44(40-28)31-21-41(22-35-31)17-18-47-49-46)37-32(45)36-26-12-13-27(25-10-6-5-9-24(25)26)48-23-11-14-29-38-39-33(43(29)20-23)42-15-7-4-8-16-42/h5-6,9-11,14,19-22,26-27,46H,4,7-8,12-13,15-18H2,1-3H3,(H2,36,37,45)/t26-,27+/m0/s1. The number of nitrogens with zero attached hydrogens (tertiary/aromatic N) is 8. The van der Waals surface area contributed by atoms with Gasteiger partial charge in [-0.15, -0.1) is 10.2 Å². The van der Waals surface area contributed by atoms with Crippen molar-refractivity contribution >= 4 is 33.5 Å². The average molecular weight is 683 g/mol. The lowest BCUT2D eigenvalue weighted by molar-refractivity contribution is 0.171. The highest BCUT2D eigenvalue weighted by Gasteiger charge is 2.30. The Bertz CT molecular complexity index is 1910. The number of carbonyl (C=O) groups excluding carboxylic acids is 1. The van der Waals surface area contributed by atoms with Gasteiger partial charge in [0.1, 0.15) is 17.7 Å². The van der Waals surface area contributed by atoms with Gasteiger partial charge in [-0.1, -0.05) is 45.0 Å². The summed E-state index contributed by atoms with van der Waals surface area (Å²) in [5.74, 6) is 2.69. The van der Waals surface area contributed by atoms with Gasteiger partial charge in [0.2, 0.25) is 5.95 Å². The lowest BCUT2D eigenvalue weighted by atomic mass is 9.85. The van der Waals surface area contributed by atoms with Crippen LogP contribution in [0.3, 0.4) is 0 Å². The number of hydrogen-bond acceptors (Lipinski definition) is 9. The van der Waals surface area contributed by atoms with Crippen molar-refractivity contribution < 1.29 is 18.8 Å². The predicted molar refractivity (Wildman–Crippen MR) is 185 cm³/mol. The summed E-state index contributed by atoms with van der Waals surface area (Å²) in [5.41, 5.74) is 3.45. The maximum absolute atomic E-state index is 13.6. The summed E-state index contributed by atoms with van der Waals surface area (Å²) in [7, 11) is -0.559. The third-order valence-corrected chi connectivity index (χ3v) is 9.42. The van der Waals surface area contributed by atoms with E-state index in [-0.39, 0.29) is 23.6 Å². The lowest BCUT2D eigenvalue weighted by Gasteiger charge is -2.32. The molecule has 2 radical (unpaired) electrons. The minimum absolute atomic E-state index is 0.168. The molecule has 5 aromatic rings. The first-order chi connectivity index (χ1) is 23.8. The molecule has 3 N–H and O–H groups in total. The SMILES string of the molecule is CC(C)(C)c1cc(NC(=O)N[C@H]2CC[C@@H](Oc3ccc4nnc(N5CCCCC5)n4c3)c3ccccc32)n(-c2cn(CCO[Si]O)cn2)n1. The number of hydrogen-bond donors (Lipinski definition) is 3. The number of pyridine rings is 1. The van der Waals surface area contributed by atoms with Gasteiger partial charge in [-0.25, -0.2) is 9.78 Å². The van der Waals surface area contributed by atoms with Crippen LogP contribution in [0, 0.1) is 0 Å². The van der Waals surface area contributed by atoms with Crippen molar-refractivity contribution in [1.29, 1.82) is 0 Å². The molecule has 256 valence electrons. The molecular weight excluding hydrogens is 641 g/mol. The van der Waals surface area contributed by atoms with Crippen LogP contribution in [-0.4, -0.2) is 74.5 Å². The fourth-order valence-corrected chi connectivity index (χ4v) is 6.71. The highest BCUT2D eigenvalue weighted by atomic mass is 28.2. The summed E-state index contributed by atoms with van der Waals surface area (Å²) in [5, 5.41) is 19.9. The van der Waals surface area contributed by atoms with E-state index in [1.807, 2.05) is 51.7 Å². The Morgan fingerprint density at radius 3 is 2.65 bits per heavy atom. The third kappa shape index (κ3) is 7.18. The molecule has 1 aromatic carbocycles. The number of carbonyl (C=O) groups is 1. The quantitative estimate of drug-likeness (QED) is 0.141.